The fourth-order valence-corrected chi connectivity index (χ4v) is 3.53. The van der Waals surface area contributed by atoms with Crippen molar-refractivity contribution in [1.82, 2.24) is 29.9 Å². The van der Waals surface area contributed by atoms with Gasteiger partial charge in [0, 0.05) is 42.3 Å². The fourth-order valence-electron chi connectivity index (χ4n) is 3.53. The van der Waals surface area contributed by atoms with Gasteiger partial charge in [0.15, 0.2) is 0 Å². The van der Waals surface area contributed by atoms with Crippen LogP contribution in [0, 0.1) is 6.92 Å². The molecule has 4 rings (SSSR count). The molecule has 0 aromatic carbocycles. The maximum Gasteiger partial charge on any atom is 0.266 e. The lowest BCUT2D eigenvalue weighted by Gasteiger charge is -2.23. The van der Waals surface area contributed by atoms with Crippen molar-refractivity contribution in [2.24, 2.45) is 0 Å². The van der Waals surface area contributed by atoms with E-state index >= 15 is 0 Å². The SMILES string of the molecule is Cc1cc(CN2CCCC2Cn2nc(-c3ccncc3)ccc2=O)n[nH]1. The first kappa shape index (κ1) is 16.7. The second-order valence-electron chi connectivity index (χ2n) is 6.78. The minimum absolute atomic E-state index is 0.0646. The van der Waals surface area contributed by atoms with Gasteiger partial charge in [0.1, 0.15) is 0 Å². The van der Waals surface area contributed by atoms with Crippen LogP contribution in [0.25, 0.3) is 11.3 Å². The summed E-state index contributed by atoms with van der Waals surface area (Å²) in [5.74, 6) is 0. The maximum absolute atomic E-state index is 12.3. The van der Waals surface area contributed by atoms with Crippen LogP contribution in [-0.2, 0) is 13.1 Å². The van der Waals surface area contributed by atoms with Gasteiger partial charge in [-0.2, -0.15) is 10.2 Å². The van der Waals surface area contributed by atoms with Gasteiger partial charge in [-0.05, 0) is 50.6 Å². The second-order valence-corrected chi connectivity index (χ2v) is 6.78. The lowest BCUT2D eigenvalue weighted by molar-refractivity contribution is 0.214. The van der Waals surface area contributed by atoms with E-state index in [2.05, 4.69) is 31.2 Å². The number of hydrogen-bond acceptors (Lipinski definition) is 5. The van der Waals surface area contributed by atoms with E-state index in [1.807, 2.05) is 19.1 Å². The van der Waals surface area contributed by atoms with E-state index in [0.29, 0.717) is 12.6 Å². The summed E-state index contributed by atoms with van der Waals surface area (Å²) in [6, 6.07) is 9.54. The first-order chi connectivity index (χ1) is 12.7. The van der Waals surface area contributed by atoms with Crippen LogP contribution in [0.5, 0.6) is 0 Å². The van der Waals surface area contributed by atoms with Gasteiger partial charge in [0.2, 0.25) is 0 Å². The number of aromatic amines is 1. The Morgan fingerprint density at radius 2 is 2.08 bits per heavy atom. The molecule has 7 nitrogen and oxygen atoms in total. The molecule has 1 aliphatic heterocycles. The molecule has 0 bridgehead atoms. The van der Waals surface area contributed by atoms with Gasteiger partial charge in [-0.15, -0.1) is 0 Å². The lowest BCUT2D eigenvalue weighted by Crippen LogP contribution is -2.36. The summed E-state index contributed by atoms with van der Waals surface area (Å²) in [7, 11) is 0. The molecule has 7 heteroatoms. The number of aryl methyl sites for hydroxylation is 1. The Morgan fingerprint density at radius 3 is 2.85 bits per heavy atom. The van der Waals surface area contributed by atoms with Gasteiger partial charge in [0.25, 0.3) is 5.56 Å². The number of pyridine rings is 1. The van der Waals surface area contributed by atoms with Crippen LogP contribution in [0.1, 0.15) is 24.2 Å². The van der Waals surface area contributed by atoms with Gasteiger partial charge >= 0.3 is 0 Å². The molecule has 1 unspecified atom stereocenters. The van der Waals surface area contributed by atoms with E-state index < -0.39 is 0 Å². The number of likely N-dealkylation sites (tertiary alicyclic amines) is 1. The van der Waals surface area contributed by atoms with E-state index in [0.717, 1.165) is 48.6 Å². The molecule has 3 aromatic rings. The summed E-state index contributed by atoms with van der Waals surface area (Å²) in [5.41, 5.74) is 3.80. The average molecular weight is 350 g/mol. The van der Waals surface area contributed by atoms with Gasteiger partial charge in [0.05, 0.1) is 17.9 Å². The van der Waals surface area contributed by atoms with Gasteiger partial charge in [-0.25, -0.2) is 4.68 Å². The van der Waals surface area contributed by atoms with Crippen molar-refractivity contribution >= 4 is 0 Å². The highest BCUT2D eigenvalue weighted by molar-refractivity contribution is 5.56. The molecule has 0 radical (unpaired) electrons. The molecule has 4 heterocycles. The molecule has 0 amide bonds. The summed E-state index contributed by atoms with van der Waals surface area (Å²) in [5, 5.41) is 11.9. The number of aromatic nitrogens is 5. The Labute approximate surface area is 151 Å². The van der Waals surface area contributed by atoms with E-state index in [1.54, 1.807) is 29.2 Å². The van der Waals surface area contributed by atoms with Crippen molar-refractivity contribution < 1.29 is 0 Å². The van der Waals surface area contributed by atoms with Gasteiger partial charge < -0.3 is 0 Å². The molecule has 0 aliphatic carbocycles. The number of rotatable bonds is 5. The highest BCUT2D eigenvalue weighted by atomic mass is 16.1. The number of nitrogens with zero attached hydrogens (tertiary/aromatic N) is 5. The summed E-state index contributed by atoms with van der Waals surface area (Å²) >= 11 is 0. The zero-order valence-corrected chi connectivity index (χ0v) is 14.8. The predicted octanol–water partition coefficient (Wildman–Crippen LogP) is 2.00. The Balaban J connectivity index is 1.53. The van der Waals surface area contributed by atoms with Crippen LogP contribution < -0.4 is 5.56 Å². The summed E-state index contributed by atoms with van der Waals surface area (Å²) in [6.07, 6.45) is 5.66. The van der Waals surface area contributed by atoms with Crippen LogP contribution in [-0.4, -0.2) is 42.4 Å². The fraction of sp³-hybridized carbons (Fsp3) is 0.368. The van der Waals surface area contributed by atoms with E-state index in [1.165, 1.54) is 0 Å². The third kappa shape index (κ3) is 3.57. The van der Waals surface area contributed by atoms with Crippen molar-refractivity contribution in [1.29, 1.82) is 0 Å². The molecule has 1 saturated heterocycles. The monoisotopic (exact) mass is 350 g/mol. The molecule has 3 aromatic heterocycles. The van der Waals surface area contributed by atoms with Crippen molar-refractivity contribution in [3.05, 3.63) is 64.5 Å². The summed E-state index contributed by atoms with van der Waals surface area (Å²) in [4.78, 5) is 18.7. The normalized spacial score (nSPS) is 17.7. The largest absolute Gasteiger partial charge is 0.293 e. The average Bonchev–Trinajstić information content (AvgIpc) is 3.27. The second kappa shape index (κ2) is 7.21. The summed E-state index contributed by atoms with van der Waals surface area (Å²) in [6.45, 7) is 4.43. The highest BCUT2D eigenvalue weighted by Crippen LogP contribution is 2.21. The Kier molecular flexibility index (Phi) is 4.62. The first-order valence-corrected chi connectivity index (χ1v) is 8.92. The van der Waals surface area contributed by atoms with Crippen molar-refractivity contribution in [3.8, 4) is 11.3 Å². The van der Waals surface area contributed by atoms with Gasteiger partial charge in [-0.1, -0.05) is 0 Å². The molecule has 1 N–H and O–H groups in total. The molecule has 1 aliphatic rings. The minimum atomic E-state index is -0.0646. The summed E-state index contributed by atoms with van der Waals surface area (Å²) < 4.78 is 1.59. The third-order valence-corrected chi connectivity index (χ3v) is 4.85. The Morgan fingerprint density at radius 1 is 1.23 bits per heavy atom. The quantitative estimate of drug-likeness (QED) is 0.761. The topological polar surface area (TPSA) is 79.7 Å². The van der Waals surface area contributed by atoms with Gasteiger partial charge in [-0.3, -0.25) is 19.8 Å². The van der Waals surface area contributed by atoms with Crippen LogP contribution in [0.3, 0.4) is 0 Å². The molecule has 1 atom stereocenters. The van der Waals surface area contributed by atoms with E-state index in [4.69, 9.17) is 0 Å². The van der Waals surface area contributed by atoms with E-state index in [-0.39, 0.29) is 5.56 Å². The van der Waals surface area contributed by atoms with Crippen LogP contribution in [0.4, 0.5) is 0 Å². The minimum Gasteiger partial charge on any atom is -0.293 e. The molecular formula is C19H22N6O. The molecule has 0 spiro atoms. The third-order valence-electron chi connectivity index (χ3n) is 4.85. The molecule has 26 heavy (non-hydrogen) atoms. The van der Waals surface area contributed by atoms with Crippen molar-refractivity contribution in [2.75, 3.05) is 6.54 Å². The molecular weight excluding hydrogens is 328 g/mol. The Hall–Kier alpha value is -2.80. The van der Waals surface area contributed by atoms with Crippen molar-refractivity contribution in [2.45, 2.75) is 38.9 Å². The number of nitrogens with one attached hydrogen (secondary N) is 1. The van der Waals surface area contributed by atoms with Crippen molar-refractivity contribution in [3.63, 3.8) is 0 Å². The molecule has 0 saturated carbocycles. The van der Waals surface area contributed by atoms with Crippen LogP contribution >= 0.6 is 0 Å². The van der Waals surface area contributed by atoms with Crippen LogP contribution in [0.2, 0.25) is 0 Å². The van der Waals surface area contributed by atoms with E-state index in [9.17, 15) is 4.79 Å². The standard InChI is InChI=1S/C19H22N6O/c1-14-11-16(22-21-14)12-24-10-2-3-17(24)13-25-19(26)5-4-18(23-25)15-6-8-20-9-7-15/h4-9,11,17H,2-3,10,12-13H2,1H3,(H,21,22). The maximum atomic E-state index is 12.3. The first-order valence-electron chi connectivity index (χ1n) is 8.92. The molecule has 1 fully saturated rings. The molecule has 134 valence electrons. The zero-order valence-electron chi connectivity index (χ0n) is 14.8. The smallest absolute Gasteiger partial charge is 0.266 e. The highest BCUT2D eigenvalue weighted by Gasteiger charge is 2.26. The predicted molar refractivity (Wildman–Crippen MR) is 98.5 cm³/mol. The van der Waals surface area contributed by atoms with Crippen LogP contribution in [0.15, 0.2) is 47.5 Å². The lowest BCUT2D eigenvalue weighted by atomic mass is 10.2. The number of hydrogen-bond donors (Lipinski definition) is 1. The number of H-pyrrole nitrogens is 1. The zero-order chi connectivity index (χ0) is 17.9. The Bertz CT molecular complexity index is 932.